The zero-order chi connectivity index (χ0) is 21.3. The number of hydrogen-bond acceptors (Lipinski definition) is 3. The van der Waals surface area contributed by atoms with E-state index in [4.69, 9.17) is 0 Å². The summed E-state index contributed by atoms with van der Waals surface area (Å²) in [6.45, 7) is 1.62. The third kappa shape index (κ3) is 4.07. The second-order valence-corrected chi connectivity index (χ2v) is 7.10. The lowest BCUT2D eigenvalue weighted by atomic mass is 10.1. The molecular formula is C19H14F4N2O3S. The van der Waals surface area contributed by atoms with Crippen LogP contribution in [0.5, 0.6) is 0 Å². The Bertz CT molecular complexity index is 1160. The zero-order valence-corrected chi connectivity index (χ0v) is 15.7. The fraction of sp³-hybridized carbons (Fsp3) is 0.211. The highest BCUT2D eigenvalue weighted by Crippen LogP contribution is 2.32. The van der Waals surface area contributed by atoms with Crippen LogP contribution >= 0.6 is 11.3 Å². The average Bonchev–Trinajstić information content (AvgIpc) is 2.99. The van der Waals surface area contributed by atoms with Crippen LogP contribution in [0.25, 0.3) is 10.2 Å². The van der Waals surface area contributed by atoms with Crippen molar-refractivity contribution in [3.63, 3.8) is 0 Å². The number of carbonyl (C=O) groups is 2. The Kier molecular flexibility index (Phi) is 5.56. The molecule has 29 heavy (non-hydrogen) atoms. The number of benzene rings is 2. The number of rotatable bonds is 4. The summed E-state index contributed by atoms with van der Waals surface area (Å²) in [4.78, 5) is 27.9. The van der Waals surface area contributed by atoms with Crippen molar-refractivity contribution in [3.05, 3.63) is 64.2 Å². The van der Waals surface area contributed by atoms with Crippen molar-refractivity contribution < 1.29 is 32.3 Å². The van der Waals surface area contributed by atoms with E-state index in [0.29, 0.717) is 28.4 Å². The average molecular weight is 426 g/mol. The third-order valence-corrected chi connectivity index (χ3v) is 5.27. The van der Waals surface area contributed by atoms with Crippen molar-refractivity contribution in [2.24, 2.45) is 4.99 Å². The Labute approximate surface area is 165 Å². The molecule has 0 aliphatic heterocycles. The molecule has 1 N–H and O–H groups in total. The quantitative estimate of drug-likeness (QED) is 0.618. The van der Waals surface area contributed by atoms with Gasteiger partial charge in [-0.15, -0.1) is 0 Å². The summed E-state index contributed by atoms with van der Waals surface area (Å²) in [5.74, 6) is -3.50. The summed E-state index contributed by atoms with van der Waals surface area (Å²) in [5.41, 5.74) is -1.77. The van der Waals surface area contributed by atoms with Crippen LogP contribution in [0.15, 0.2) is 47.5 Å². The molecule has 0 bridgehead atoms. The number of carboxylic acids is 1. The van der Waals surface area contributed by atoms with E-state index in [9.17, 15) is 32.3 Å². The minimum Gasteiger partial charge on any atom is -0.480 e. The lowest BCUT2D eigenvalue weighted by Gasteiger charge is -2.13. The smallest absolute Gasteiger partial charge is 0.417 e. The van der Waals surface area contributed by atoms with Crippen molar-refractivity contribution in [1.29, 1.82) is 0 Å². The van der Waals surface area contributed by atoms with E-state index in [1.807, 2.05) is 0 Å². The fourth-order valence-electron chi connectivity index (χ4n) is 2.93. The van der Waals surface area contributed by atoms with Crippen molar-refractivity contribution in [1.82, 2.24) is 4.57 Å². The van der Waals surface area contributed by atoms with Crippen molar-refractivity contribution in [2.45, 2.75) is 25.6 Å². The molecule has 2 aromatic carbocycles. The van der Waals surface area contributed by atoms with E-state index in [1.165, 1.54) is 4.57 Å². The number of thiazole rings is 1. The molecule has 0 aliphatic rings. The van der Waals surface area contributed by atoms with Gasteiger partial charge in [0.2, 0.25) is 0 Å². The molecule has 5 nitrogen and oxygen atoms in total. The molecule has 1 amide bonds. The number of carboxylic acid groups (broad SMARTS) is 1. The van der Waals surface area contributed by atoms with Crippen molar-refractivity contribution in [2.75, 3.05) is 0 Å². The Morgan fingerprint density at radius 2 is 1.90 bits per heavy atom. The van der Waals surface area contributed by atoms with E-state index < -0.39 is 41.0 Å². The van der Waals surface area contributed by atoms with Crippen LogP contribution in [0, 0.1) is 5.82 Å². The van der Waals surface area contributed by atoms with Gasteiger partial charge in [-0.25, -0.2) is 9.18 Å². The number of alkyl halides is 3. The van der Waals surface area contributed by atoms with Crippen molar-refractivity contribution >= 4 is 33.4 Å². The summed E-state index contributed by atoms with van der Waals surface area (Å²) in [6.07, 6.45) is -4.72. The number of aliphatic carboxylic acids is 1. The van der Waals surface area contributed by atoms with Crippen LogP contribution in [0.1, 0.15) is 35.3 Å². The molecule has 0 saturated heterocycles. The summed E-state index contributed by atoms with van der Waals surface area (Å²) in [7, 11) is 0. The van der Waals surface area contributed by atoms with E-state index in [-0.39, 0.29) is 11.2 Å². The Balaban J connectivity index is 2.26. The van der Waals surface area contributed by atoms with Gasteiger partial charge < -0.3 is 9.67 Å². The van der Waals surface area contributed by atoms with Crippen molar-refractivity contribution in [3.8, 4) is 0 Å². The molecule has 1 aromatic heterocycles. The summed E-state index contributed by atoms with van der Waals surface area (Å²) in [6, 6.07) is 7.15. The van der Waals surface area contributed by atoms with Gasteiger partial charge in [-0.1, -0.05) is 30.4 Å². The molecule has 1 heterocycles. The predicted molar refractivity (Wildman–Crippen MR) is 98.1 cm³/mol. The Morgan fingerprint density at radius 1 is 1.21 bits per heavy atom. The van der Waals surface area contributed by atoms with Crippen LogP contribution in [0.2, 0.25) is 0 Å². The van der Waals surface area contributed by atoms with E-state index >= 15 is 0 Å². The Hall–Kier alpha value is -3.01. The largest absolute Gasteiger partial charge is 0.480 e. The second kappa shape index (κ2) is 7.78. The maximum Gasteiger partial charge on any atom is 0.417 e. The predicted octanol–water partition coefficient (Wildman–Crippen LogP) is 4.64. The van der Waals surface area contributed by atoms with Gasteiger partial charge in [0.15, 0.2) is 4.80 Å². The molecule has 1 unspecified atom stereocenters. The van der Waals surface area contributed by atoms with Gasteiger partial charge in [-0.05, 0) is 36.8 Å². The van der Waals surface area contributed by atoms with Gasteiger partial charge in [-0.3, -0.25) is 4.79 Å². The zero-order valence-electron chi connectivity index (χ0n) is 14.9. The van der Waals surface area contributed by atoms with Gasteiger partial charge >= 0.3 is 12.1 Å². The van der Waals surface area contributed by atoms with Gasteiger partial charge in [0.05, 0.1) is 21.3 Å². The van der Waals surface area contributed by atoms with Gasteiger partial charge in [0.25, 0.3) is 5.91 Å². The minimum absolute atomic E-state index is 0.0807. The maximum absolute atomic E-state index is 13.5. The monoisotopic (exact) mass is 426 g/mol. The number of para-hydroxylation sites is 1. The molecule has 152 valence electrons. The van der Waals surface area contributed by atoms with Crippen LogP contribution in [0.4, 0.5) is 17.6 Å². The summed E-state index contributed by atoms with van der Waals surface area (Å²) < 4.78 is 55.1. The first-order valence-electron chi connectivity index (χ1n) is 8.42. The van der Waals surface area contributed by atoms with Gasteiger partial charge in [-0.2, -0.15) is 18.2 Å². The second-order valence-electron chi connectivity index (χ2n) is 6.09. The summed E-state index contributed by atoms with van der Waals surface area (Å²) >= 11 is 0.963. The molecule has 3 rings (SSSR count). The number of nitrogens with zero attached hydrogens (tertiary/aromatic N) is 2. The topological polar surface area (TPSA) is 71.7 Å². The fourth-order valence-corrected chi connectivity index (χ4v) is 3.99. The lowest BCUT2D eigenvalue weighted by molar-refractivity contribution is -0.141. The van der Waals surface area contributed by atoms with Gasteiger partial charge in [0, 0.05) is 0 Å². The number of aromatic nitrogens is 1. The molecule has 0 fully saturated rings. The first-order valence-corrected chi connectivity index (χ1v) is 9.23. The van der Waals surface area contributed by atoms with Gasteiger partial charge in [0.1, 0.15) is 11.9 Å². The number of amides is 1. The van der Waals surface area contributed by atoms with E-state index in [2.05, 4.69) is 4.99 Å². The summed E-state index contributed by atoms with van der Waals surface area (Å²) in [5, 5.41) is 9.53. The highest BCUT2D eigenvalue weighted by atomic mass is 32.1. The third-order valence-electron chi connectivity index (χ3n) is 4.23. The maximum atomic E-state index is 13.5. The highest BCUT2D eigenvalue weighted by Gasteiger charge is 2.35. The lowest BCUT2D eigenvalue weighted by Crippen LogP contribution is -2.27. The molecule has 1 atom stereocenters. The van der Waals surface area contributed by atoms with Crippen LogP contribution in [0.3, 0.4) is 0 Å². The molecule has 3 aromatic rings. The molecule has 0 spiro atoms. The normalized spacial score (nSPS) is 13.6. The molecular weight excluding hydrogens is 412 g/mol. The van der Waals surface area contributed by atoms with E-state index in [0.717, 1.165) is 11.3 Å². The molecule has 0 saturated carbocycles. The number of halogens is 4. The first kappa shape index (κ1) is 20.7. The minimum atomic E-state index is -4.88. The Morgan fingerprint density at radius 3 is 2.52 bits per heavy atom. The SMILES string of the molecule is CCC(C(=O)O)n1/c(=N/C(=O)c2cc(F)ccc2C(F)(F)F)sc2ccccc21. The highest BCUT2D eigenvalue weighted by molar-refractivity contribution is 7.16. The molecule has 0 aliphatic carbocycles. The number of carbonyl (C=O) groups excluding carboxylic acids is 1. The molecule has 10 heteroatoms. The van der Waals surface area contributed by atoms with Crippen LogP contribution < -0.4 is 4.80 Å². The standard InChI is InChI=1S/C19H14F4N2O3S/c1-2-13(17(27)28)25-14-5-3-4-6-15(14)29-18(25)24-16(26)11-9-10(20)7-8-12(11)19(21,22)23/h3-9,13H,2H2,1H3,(H,27,28)/b24-18-. The van der Waals surface area contributed by atoms with Crippen LogP contribution in [-0.2, 0) is 11.0 Å². The number of fused-ring (bicyclic) bond motifs is 1. The molecule has 0 radical (unpaired) electrons. The number of hydrogen-bond donors (Lipinski definition) is 1. The van der Waals surface area contributed by atoms with E-state index in [1.54, 1.807) is 31.2 Å². The van der Waals surface area contributed by atoms with Crippen LogP contribution in [-0.4, -0.2) is 21.6 Å². The first-order chi connectivity index (χ1) is 13.6.